The number of nitrogens with one attached hydrogen (secondary N) is 1. The molecule has 1 heterocycles. The molecule has 0 spiro atoms. The third-order valence-corrected chi connectivity index (χ3v) is 3.51. The average molecular weight is 253 g/mol. The fraction of sp³-hybridized carbons (Fsp3) is 0.786. The molecule has 0 aliphatic heterocycles. The van der Waals surface area contributed by atoms with Crippen LogP contribution in [-0.2, 0) is 11.3 Å². The molecule has 0 radical (unpaired) electrons. The Kier molecular flexibility index (Phi) is 5.66. The summed E-state index contributed by atoms with van der Waals surface area (Å²) >= 11 is 0. The Morgan fingerprint density at radius 3 is 2.78 bits per heavy atom. The molecule has 0 aromatic carbocycles. The molecule has 1 atom stereocenters. The van der Waals surface area contributed by atoms with E-state index < -0.39 is 0 Å². The van der Waals surface area contributed by atoms with Crippen LogP contribution in [0.3, 0.4) is 0 Å². The number of ether oxygens (including phenoxy) is 1. The molecule has 1 aromatic rings. The minimum absolute atomic E-state index is 0.320. The first-order valence-electron chi connectivity index (χ1n) is 6.69. The summed E-state index contributed by atoms with van der Waals surface area (Å²) in [6.07, 6.45) is 4.87. The smallest absolute Gasteiger partial charge is 0.202 e. The first kappa shape index (κ1) is 15.0. The Balaban J connectivity index is 2.45. The van der Waals surface area contributed by atoms with Gasteiger partial charge < -0.3 is 14.6 Å². The number of anilines is 1. The summed E-state index contributed by atoms with van der Waals surface area (Å²) in [5, 5.41) is 3.44. The number of methoxy groups -OCH3 is 1. The summed E-state index contributed by atoms with van der Waals surface area (Å²) in [6.45, 7) is 11.8. The molecule has 0 aliphatic rings. The number of imidazole rings is 1. The number of aryl methyl sites for hydroxylation is 1. The quantitative estimate of drug-likeness (QED) is 0.759. The molecule has 1 aromatic heterocycles. The predicted molar refractivity (Wildman–Crippen MR) is 75.8 cm³/mol. The van der Waals surface area contributed by atoms with E-state index >= 15 is 0 Å². The highest BCUT2D eigenvalue weighted by Gasteiger charge is 2.19. The Hall–Kier alpha value is -1.03. The van der Waals surface area contributed by atoms with Crippen molar-refractivity contribution in [2.75, 3.05) is 25.6 Å². The zero-order valence-electron chi connectivity index (χ0n) is 12.4. The van der Waals surface area contributed by atoms with Crippen LogP contribution < -0.4 is 5.32 Å². The van der Waals surface area contributed by atoms with Crippen LogP contribution in [-0.4, -0.2) is 29.8 Å². The van der Waals surface area contributed by atoms with Gasteiger partial charge in [0, 0.05) is 39.2 Å². The SMILES string of the molecule is COCCCn1ccnc1NCC(C)C(C)(C)C. The second-order valence-electron chi connectivity index (χ2n) is 5.94. The van der Waals surface area contributed by atoms with Gasteiger partial charge in [0.2, 0.25) is 5.95 Å². The van der Waals surface area contributed by atoms with Crippen molar-refractivity contribution in [2.24, 2.45) is 11.3 Å². The Labute approximate surface area is 111 Å². The lowest BCUT2D eigenvalue weighted by molar-refractivity contribution is 0.190. The van der Waals surface area contributed by atoms with Gasteiger partial charge in [-0.3, -0.25) is 0 Å². The minimum Gasteiger partial charge on any atom is -0.385 e. The van der Waals surface area contributed by atoms with Gasteiger partial charge in [0.15, 0.2) is 0 Å². The number of nitrogens with zero attached hydrogens (tertiary/aromatic N) is 2. The second-order valence-corrected chi connectivity index (χ2v) is 5.94. The van der Waals surface area contributed by atoms with Crippen molar-refractivity contribution < 1.29 is 4.74 Å². The van der Waals surface area contributed by atoms with Crippen LogP contribution in [0.4, 0.5) is 5.95 Å². The van der Waals surface area contributed by atoms with E-state index in [1.54, 1.807) is 7.11 Å². The summed E-state index contributed by atoms with van der Waals surface area (Å²) in [5.41, 5.74) is 0.320. The van der Waals surface area contributed by atoms with Crippen molar-refractivity contribution in [1.29, 1.82) is 0 Å². The van der Waals surface area contributed by atoms with Crippen LogP contribution in [0, 0.1) is 11.3 Å². The zero-order valence-corrected chi connectivity index (χ0v) is 12.4. The molecule has 4 heteroatoms. The van der Waals surface area contributed by atoms with Gasteiger partial charge in [-0.15, -0.1) is 0 Å². The first-order valence-corrected chi connectivity index (χ1v) is 6.69. The molecule has 0 amide bonds. The van der Waals surface area contributed by atoms with Crippen LogP contribution >= 0.6 is 0 Å². The molecule has 0 aliphatic carbocycles. The van der Waals surface area contributed by atoms with Crippen molar-refractivity contribution in [3.63, 3.8) is 0 Å². The van der Waals surface area contributed by atoms with E-state index in [1.807, 2.05) is 12.4 Å². The second kappa shape index (κ2) is 6.78. The molecule has 1 unspecified atom stereocenters. The van der Waals surface area contributed by atoms with Gasteiger partial charge in [0.25, 0.3) is 0 Å². The molecular formula is C14H27N3O. The number of hydrogen-bond donors (Lipinski definition) is 1. The lowest BCUT2D eigenvalue weighted by Gasteiger charge is -2.27. The molecule has 104 valence electrons. The summed E-state index contributed by atoms with van der Waals surface area (Å²) < 4.78 is 7.22. The van der Waals surface area contributed by atoms with Crippen molar-refractivity contribution in [1.82, 2.24) is 9.55 Å². The molecule has 0 bridgehead atoms. The third kappa shape index (κ3) is 4.69. The van der Waals surface area contributed by atoms with Gasteiger partial charge in [0.1, 0.15) is 0 Å². The van der Waals surface area contributed by atoms with E-state index in [9.17, 15) is 0 Å². The third-order valence-electron chi connectivity index (χ3n) is 3.51. The van der Waals surface area contributed by atoms with Gasteiger partial charge in [-0.2, -0.15) is 0 Å². The standard InChI is InChI=1S/C14H27N3O/c1-12(14(2,3)4)11-16-13-15-7-9-17(13)8-6-10-18-5/h7,9,12H,6,8,10-11H2,1-5H3,(H,15,16). The minimum atomic E-state index is 0.320. The molecule has 18 heavy (non-hydrogen) atoms. The molecule has 0 saturated heterocycles. The Morgan fingerprint density at radius 2 is 2.17 bits per heavy atom. The number of rotatable bonds is 7. The van der Waals surface area contributed by atoms with Crippen molar-refractivity contribution in [3.8, 4) is 0 Å². The van der Waals surface area contributed by atoms with Crippen LogP contribution in [0.25, 0.3) is 0 Å². The predicted octanol–water partition coefficient (Wildman–Crippen LogP) is 3.01. The summed E-state index contributed by atoms with van der Waals surface area (Å²) in [4.78, 5) is 4.36. The molecule has 0 fully saturated rings. The molecule has 1 rings (SSSR count). The van der Waals surface area contributed by atoms with E-state index in [0.717, 1.165) is 32.1 Å². The number of hydrogen-bond acceptors (Lipinski definition) is 3. The highest BCUT2D eigenvalue weighted by molar-refractivity contribution is 5.25. The summed E-state index contributed by atoms with van der Waals surface area (Å²) in [5.74, 6) is 1.56. The van der Waals surface area contributed by atoms with Crippen molar-refractivity contribution in [2.45, 2.75) is 40.7 Å². The fourth-order valence-electron chi connectivity index (χ4n) is 1.59. The van der Waals surface area contributed by atoms with Gasteiger partial charge in [0.05, 0.1) is 0 Å². The van der Waals surface area contributed by atoms with Gasteiger partial charge in [-0.1, -0.05) is 27.7 Å². The van der Waals surface area contributed by atoms with E-state index in [2.05, 4.69) is 42.6 Å². The number of aromatic nitrogens is 2. The summed E-state index contributed by atoms with van der Waals surface area (Å²) in [7, 11) is 1.73. The Bertz CT molecular complexity index is 341. The Morgan fingerprint density at radius 1 is 1.44 bits per heavy atom. The maximum atomic E-state index is 5.07. The van der Waals surface area contributed by atoms with E-state index in [-0.39, 0.29) is 0 Å². The maximum absolute atomic E-state index is 5.07. The topological polar surface area (TPSA) is 39.1 Å². The van der Waals surface area contributed by atoms with Crippen LogP contribution in [0.5, 0.6) is 0 Å². The van der Waals surface area contributed by atoms with Gasteiger partial charge in [-0.25, -0.2) is 4.98 Å². The zero-order chi connectivity index (χ0) is 13.6. The van der Waals surface area contributed by atoms with E-state index in [1.165, 1.54) is 0 Å². The molecular weight excluding hydrogens is 226 g/mol. The largest absolute Gasteiger partial charge is 0.385 e. The molecule has 1 N–H and O–H groups in total. The van der Waals surface area contributed by atoms with E-state index in [0.29, 0.717) is 11.3 Å². The highest BCUT2D eigenvalue weighted by atomic mass is 16.5. The lowest BCUT2D eigenvalue weighted by atomic mass is 9.82. The van der Waals surface area contributed by atoms with Gasteiger partial charge >= 0.3 is 0 Å². The normalized spacial score (nSPS) is 13.6. The molecule has 4 nitrogen and oxygen atoms in total. The lowest BCUT2D eigenvalue weighted by Crippen LogP contribution is -2.25. The van der Waals surface area contributed by atoms with Crippen molar-refractivity contribution >= 4 is 5.95 Å². The first-order chi connectivity index (χ1) is 8.45. The highest BCUT2D eigenvalue weighted by Crippen LogP contribution is 2.25. The fourth-order valence-corrected chi connectivity index (χ4v) is 1.59. The monoisotopic (exact) mass is 253 g/mol. The van der Waals surface area contributed by atoms with Crippen LogP contribution in [0.1, 0.15) is 34.1 Å². The van der Waals surface area contributed by atoms with Crippen molar-refractivity contribution in [3.05, 3.63) is 12.4 Å². The van der Waals surface area contributed by atoms with Gasteiger partial charge in [-0.05, 0) is 17.8 Å². The van der Waals surface area contributed by atoms with E-state index in [4.69, 9.17) is 4.74 Å². The van der Waals surface area contributed by atoms with Crippen LogP contribution in [0.15, 0.2) is 12.4 Å². The summed E-state index contributed by atoms with van der Waals surface area (Å²) in [6, 6.07) is 0. The molecule has 0 saturated carbocycles. The van der Waals surface area contributed by atoms with Crippen LogP contribution in [0.2, 0.25) is 0 Å². The average Bonchev–Trinajstić information content (AvgIpc) is 2.72. The maximum Gasteiger partial charge on any atom is 0.202 e.